The van der Waals surface area contributed by atoms with Gasteiger partial charge in [0, 0.05) is 10.9 Å². The van der Waals surface area contributed by atoms with Gasteiger partial charge in [-0.2, -0.15) is 0 Å². The first-order valence-electron chi connectivity index (χ1n) is 5.18. The summed E-state index contributed by atoms with van der Waals surface area (Å²) in [4.78, 5) is 4.47. The van der Waals surface area contributed by atoms with E-state index in [1.54, 1.807) is 0 Å². The predicted octanol–water partition coefficient (Wildman–Crippen LogP) is 4.16. The monoisotopic (exact) mass is 267 g/mol. The average molecular weight is 268 g/mol. The lowest BCUT2D eigenvalue weighted by Gasteiger charge is -2.01. The van der Waals surface area contributed by atoms with Crippen LogP contribution in [-0.2, 0) is 6.42 Å². The van der Waals surface area contributed by atoms with Gasteiger partial charge in [-0.15, -0.1) is 0 Å². The fourth-order valence-electron chi connectivity index (χ4n) is 1.64. The van der Waals surface area contributed by atoms with Crippen molar-refractivity contribution in [2.75, 3.05) is 0 Å². The molecule has 0 atom stereocenters. The number of rotatable bonds is 2. The molecule has 0 radical (unpaired) electrons. The van der Waals surface area contributed by atoms with Gasteiger partial charge in [-0.05, 0) is 37.5 Å². The van der Waals surface area contributed by atoms with Crippen LogP contribution in [0, 0.1) is 13.8 Å². The molecule has 1 aromatic carbocycles. The molecule has 2 aromatic rings. The van der Waals surface area contributed by atoms with Gasteiger partial charge < -0.3 is 4.42 Å². The minimum absolute atomic E-state index is 0.841. The van der Waals surface area contributed by atoms with E-state index in [1.807, 2.05) is 6.07 Å². The van der Waals surface area contributed by atoms with Crippen molar-refractivity contribution in [3.8, 4) is 0 Å². The molecule has 2 nitrogen and oxygen atoms in total. The lowest BCUT2D eigenvalue weighted by Crippen LogP contribution is -1.83. The molecule has 1 aromatic heterocycles. The lowest BCUT2D eigenvalue weighted by atomic mass is 10.1. The Balaban J connectivity index is 2.65. The highest BCUT2D eigenvalue weighted by Crippen LogP contribution is 2.29. The van der Waals surface area contributed by atoms with Gasteiger partial charge in [0.25, 0.3) is 0 Å². The molecule has 0 spiro atoms. The number of benzene rings is 1. The van der Waals surface area contributed by atoms with Crippen LogP contribution in [-0.4, -0.2) is 4.98 Å². The second-order valence-electron chi connectivity index (χ2n) is 3.81. The molecule has 0 aliphatic carbocycles. The Hall–Kier alpha value is -0.830. The minimum atomic E-state index is 0.841. The number of oxazole rings is 1. The van der Waals surface area contributed by atoms with Gasteiger partial charge in [-0.25, -0.2) is 4.98 Å². The molecule has 1 heterocycles. The molecule has 0 bridgehead atoms. The first kappa shape index (κ1) is 10.7. The van der Waals surface area contributed by atoms with Crippen molar-refractivity contribution in [1.29, 1.82) is 0 Å². The molecule has 0 amide bonds. The van der Waals surface area contributed by atoms with E-state index in [2.05, 4.69) is 41.7 Å². The number of fused-ring (bicyclic) bond motifs is 1. The van der Waals surface area contributed by atoms with Crippen molar-refractivity contribution in [1.82, 2.24) is 4.98 Å². The van der Waals surface area contributed by atoms with Gasteiger partial charge in [0.15, 0.2) is 11.5 Å². The number of aryl methyl sites for hydroxylation is 2. The van der Waals surface area contributed by atoms with Gasteiger partial charge in [-0.3, -0.25) is 0 Å². The molecule has 0 saturated carbocycles. The van der Waals surface area contributed by atoms with Crippen molar-refractivity contribution < 1.29 is 4.42 Å². The Morgan fingerprint density at radius 2 is 2.07 bits per heavy atom. The SMILES string of the molecule is CCCc1nc2cc(Br)c(C)c(C)c2o1. The maximum absolute atomic E-state index is 5.74. The summed E-state index contributed by atoms with van der Waals surface area (Å²) in [5, 5.41) is 0. The van der Waals surface area contributed by atoms with Crippen molar-refractivity contribution >= 4 is 27.0 Å². The molecule has 0 aliphatic rings. The third kappa shape index (κ3) is 1.81. The van der Waals surface area contributed by atoms with Crippen LogP contribution >= 0.6 is 15.9 Å². The third-order valence-corrected chi connectivity index (χ3v) is 3.51. The number of nitrogens with zero attached hydrogens (tertiary/aromatic N) is 1. The van der Waals surface area contributed by atoms with E-state index in [-0.39, 0.29) is 0 Å². The Kier molecular flexibility index (Phi) is 2.83. The summed E-state index contributed by atoms with van der Waals surface area (Å²) in [5.41, 5.74) is 4.28. The fraction of sp³-hybridized carbons (Fsp3) is 0.417. The van der Waals surface area contributed by atoms with E-state index in [1.165, 1.54) is 11.1 Å². The summed E-state index contributed by atoms with van der Waals surface area (Å²) < 4.78 is 6.84. The molecule has 0 saturated heterocycles. The van der Waals surface area contributed by atoms with E-state index in [9.17, 15) is 0 Å². The Morgan fingerprint density at radius 1 is 1.33 bits per heavy atom. The first-order chi connectivity index (χ1) is 7.13. The van der Waals surface area contributed by atoms with E-state index in [4.69, 9.17) is 4.42 Å². The summed E-state index contributed by atoms with van der Waals surface area (Å²) in [6.07, 6.45) is 1.97. The van der Waals surface area contributed by atoms with E-state index < -0.39 is 0 Å². The zero-order valence-corrected chi connectivity index (χ0v) is 10.8. The van der Waals surface area contributed by atoms with E-state index in [0.29, 0.717) is 0 Å². The predicted molar refractivity (Wildman–Crippen MR) is 65.2 cm³/mol. The zero-order chi connectivity index (χ0) is 11.0. The summed E-state index contributed by atoms with van der Waals surface area (Å²) in [5.74, 6) is 0.841. The molecule has 2 rings (SSSR count). The number of halogens is 1. The molecule has 0 unspecified atom stereocenters. The lowest BCUT2D eigenvalue weighted by molar-refractivity contribution is 0.523. The summed E-state index contributed by atoms with van der Waals surface area (Å²) >= 11 is 3.53. The smallest absolute Gasteiger partial charge is 0.195 e. The normalized spacial score (nSPS) is 11.2. The van der Waals surface area contributed by atoms with Gasteiger partial charge in [-0.1, -0.05) is 22.9 Å². The maximum atomic E-state index is 5.74. The highest BCUT2D eigenvalue weighted by atomic mass is 79.9. The molecule has 3 heteroatoms. The summed E-state index contributed by atoms with van der Waals surface area (Å²) in [6, 6.07) is 2.03. The van der Waals surface area contributed by atoms with E-state index >= 15 is 0 Å². The largest absolute Gasteiger partial charge is 0.440 e. The first-order valence-corrected chi connectivity index (χ1v) is 5.98. The van der Waals surface area contributed by atoms with Crippen LogP contribution in [0.4, 0.5) is 0 Å². The van der Waals surface area contributed by atoms with Crippen LogP contribution in [0.15, 0.2) is 15.0 Å². The maximum Gasteiger partial charge on any atom is 0.195 e. The van der Waals surface area contributed by atoms with Crippen LogP contribution < -0.4 is 0 Å². The topological polar surface area (TPSA) is 26.0 Å². The molecule has 0 fully saturated rings. The number of aromatic nitrogens is 1. The number of hydrogen-bond acceptors (Lipinski definition) is 2. The van der Waals surface area contributed by atoms with Gasteiger partial charge in [0.2, 0.25) is 0 Å². The molecule has 80 valence electrons. The third-order valence-electron chi connectivity index (χ3n) is 2.69. The van der Waals surface area contributed by atoms with Crippen LogP contribution in [0.25, 0.3) is 11.1 Å². The average Bonchev–Trinajstić information content (AvgIpc) is 2.58. The molecule has 15 heavy (non-hydrogen) atoms. The van der Waals surface area contributed by atoms with Crippen molar-refractivity contribution in [2.24, 2.45) is 0 Å². The van der Waals surface area contributed by atoms with Crippen molar-refractivity contribution in [3.05, 3.63) is 27.6 Å². The standard InChI is InChI=1S/C12H14BrNO/c1-4-5-11-14-10-6-9(13)7(2)8(3)12(10)15-11/h6H,4-5H2,1-3H3. The van der Waals surface area contributed by atoms with E-state index in [0.717, 1.165) is 34.3 Å². The molecule has 0 N–H and O–H groups in total. The van der Waals surface area contributed by atoms with Gasteiger partial charge >= 0.3 is 0 Å². The van der Waals surface area contributed by atoms with Crippen LogP contribution in [0.1, 0.15) is 30.4 Å². The molecule has 0 aliphatic heterocycles. The van der Waals surface area contributed by atoms with Crippen molar-refractivity contribution in [2.45, 2.75) is 33.6 Å². The summed E-state index contributed by atoms with van der Waals surface area (Å²) in [7, 11) is 0. The van der Waals surface area contributed by atoms with Crippen LogP contribution in [0.3, 0.4) is 0 Å². The quantitative estimate of drug-likeness (QED) is 0.817. The second-order valence-corrected chi connectivity index (χ2v) is 4.67. The minimum Gasteiger partial charge on any atom is -0.440 e. The van der Waals surface area contributed by atoms with Gasteiger partial charge in [0.05, 0.1) is 0 Å². The van der Waals surface area contributed by atoms with Gasteiger partial charge in [0.1, 0.15) is 5.52 Å². The Morgan fingerprint density at radius 3 is 2.73 bits per heavy atom. The molecular formula is C12H14BrNO. The Labute approximate surface area is 97.8 Å². The fourth-order valence-corrected chi connectivity index (χ4v) is 2.16. The zero-order valence-electron chi connectivity index (χ0n) is 9.22. The molecular weight excluding hydrogens is 254 g/mol. The van der Waals surface area contributed by atoms with Crippen LogP contribution in [0.5, 0.6) is 0 Å². The Bertz CT molecular complexity index is 502. The number of hydrogen-bond donors (Lipinski definition) is 0. The second kappa shape index (κ2) is 3.97. The highest BCUT2D eigenvalue weighted by Gasteiger charge is 2.11. The van der Waals surface area contributed by atoms with Crippen LogP contribution in [0.2, 0.25) is 0 Å². The highest BCUT2D eigenvalue weighted by molar-refractivity contribution is 9.10. The summed E-state index contributed by atoms with van der Waals surface area (Å²) in [6.45, 7) is 6.28. The van der Waals surface area contributed by atoms with Crippen molar-refractivity contribution in [3.63, 3.8) is 0 Å².